The van der Waals surface area contributed by atoms with Crippen molar-refractivity contribution in [3.05, 3.63) is 83.8 Å². The molecule has 0 radical (unpaired) electrons. The summed E-state index contributed by atoms with van der Waals surface area (Å²) in [6, 6.07) is 18.1. The highest BCUT2D eigenvalue weighted by Gasteiger charge is 2.12. The van der Waals surface area contributed by atoms with E-state index in [4.69, 9.17) is 0 Å². The molecule has 0 saturated carbocycles. The van der Waals surface area contributed by atoms with Crippen molar-refractivity contribution >= 4 is 16.8 Å². The lowest BCUT2D eigenvalue weighted by molar-refractivity contribution is -0.120. The molecule has 136 valence electrons. The lowest BCUT2D eigenvalue weighted by atomic mass is 10.1. The third kappa shape index (κ3) is 3.77. The second kappa shape index (κ2) is 7.50. The lowest BCUT2D eigenvalue weighted by Gasteiger charge is -2.05. The maximum atomic E-state index is 12.4. The van der Waals surface area contributed by atoms with Gasteiger partial charge in [0.25, 0.3) is 0 Å². The summed E-state index contributed by atoms with van der Waals surface area (Å²) in [6.45, 7) is 2.61. The van der Waals surface area contributed by atoms with Crippen LogP contribution in [0.3, 0.4) is 0 Å². The standard InChI is InChI=1S/C22H22N4O/c1-16-20(19-9-5-6-10-21(19)25-16)13-22(27)23-12-11-17-14-24-26(15-17)18-7-3-2-4-8-18/h2-10,14-15,25H,11-13H2,1H3,(H,23,27). The zero-order valence-corrected chi connectivity index (χ0v) is 15.3. The summed E-state index contributed by atoms with van der Waals surface area (Å²) in [6.07, 6.45) is 5.00. The van der Waals surface area contributed by atoms with Gasteiger partial charge in [0.05, 0.1) is 18.3 Å². The Morgan fingerprint density at radius 2 is 1.89 bits per heavy atom. The average Bonchev–Trinajstić information content (AvgIpc) is 3.28. The van der Waals surface area contributed by atoms with Gasteiger partial charge in [0, 0.05) is 29.3 Å². The van der Waals surface area contributed by atoms with E-state index in [1.54, 1.807) is 0 Å². The van der Waals surface area contributed by atoms with E-state index in [0.717, 1.165) is 39.8 Å². The van der Waals surface area contributed by atoms with Crippen molar-refractivity contribution in [2.75, 3.05) is 6.54 Å². The van der Waals surface area contributed by atoms with E-state index in [9.17, 15) is 4.79 Å². The van der Waals surface area contributed by atoms with E-state index in [0.29, 0.717) is 13.0 Å². The Morgan fingerprint density at radius 1 is 1.11 bits per heavy atom. The topological polar surface area (TPSA) is 62.7 Å². The number of hydrogen-bond acceptors (Lipinski definition) is 2. The highest BCUT2D eigenvalue weighted by Crippen LogP contribution is 2.22. The summed E-state index contributed by atoms with van der Waals surface area (Å²) < 4.78 is 1.85. The van der Waals surface area contributed by atoms with Crippen LogP contribution in [-0.4, -0.2) is 27.2 Å². The highest BCUT2D eigenvalue weighted by atomic mass is 16.1. The van der Waals surface area contributed by atoms with Crippen LogP contribution in [0.2, 0.25) is 0 Å². The van der Waals surface area contributed by atoms with E-state index in [1.807, 2.05) is 72.5 Å². The molecule has 27 heavy (non-hydrogen) atoms. The van der Waals surface area contributed by atoms with E-state index >= 15 is 0 Å². The van der Waals surface area contributed by atoms with Crippen LogP contribution in [0.1, 0.15) is 16.8 Å². The fourth-order valence-electron chi connectivity index (χ4n) is 3.34. The minimum absolute atomic E-state index is 0.0401. The quantitative estimate of drug-likeness (QED) is 0.553. The Bertz CT molecular complexity index is 1060. The Kier molecular flexibility index (Phi) is 4.75. The van der Waals surface area contributed by atoms with Crippen molar-refractivity contribution in [1.29, 1.82) is 0 Å². The smallest absolute Gasteiger partial charge is 0.224 e. The number of rotatable bonds is 6. The number of aromatic nitrogens is 3. The van der Waals surface area contributed by atoms with Gasteiger partial charge in [-0.15, -0.1) is 0 Å². The van der Waals surface area contributed by atoms with E-state index in [2.05, 4.69) is 21.5 Å². The molecule has 2 N–H and O–H groups in total. The van der Waals surface area contributed by atoms with Crippen molar-refractivity contribution in [1.82, 2.24) is 20.1 Å². The Balaban J connectivity index is 1.33. The Labute approximate surface area is 158 Å². The summed E-state index contributed by atoms with van der Waals surface area (Å²) in [7, 11) is 0. The molecule has 0 bridgehead atoms. The molecular formula is C22H22N4O. The SMILES string of the molecule is Cc1[nH]c2ccccc2c1CC(=O)NCCc1cnn(-c2ccccc2)c1. The van der Waals surface area contributed by atoms with Gasteiger partial charge in [0.1, 0.15) is 0 Å². The van der Waals surface area contributed by atoms with Gasteiger partial charge < -0.3 is 10.3 Å². The lowest BCUT2D eigenvalue weighted by Crippen LogP contribution is -2.27. The predicted octanol–water partition coefficient (Wildman–Crippen LogP) is 3.56. The normalized spacial score (nSPS) is 11.0. The molecule has 1 amide bonds. The maximum absolute atomic E-state index is 12.4. The Hall–Kier alpha value is -3.34. The van der Waals surface area contributed by atoms with Gasteiger partial charge in [0.2, 0.25) is 5.91 Å². The number of carbonyl (C=O) groups excluding carboxylic acids is 1. The van der Waals surface area contributed by atoms with Gasteiger partial charge in [-0.05, 0) is 42.7 Å². The summed E-state index contributed by atoms with van der Waals surface area (Å²) in [4.78, 5) is 15.7. The zero-order chi connectivity index (χ0) is 18.6. The number of aryl methyl sites for hydroxylation is 1. The van der Waals surface area contributed by atoms with Crippen LogP contribution in [0.15, 0.2) is 67.0 Å². The number of H-pyrrole nitrogens is 1. The van der Waals surface area contributed by atoms with Gasteiger partial charge in [-0.2, -0.15) is 5.10 Å². The minimum Gasteiger partial charge on any atom is -0.358 e. The fraction of sp³-hybridized carbons (Fsp3) is 0.182. The first-order valence-electron chi connectivity index (χ1n) is 9.12. The third-order valence-electron chi connectivity index (χ3n) is 4.76. The van der Waals surface area contributed by atoms with E-state index in [1.165, 1.54) is 0 Å². The second-order valence-corrected chi connectivity index (χ2v) is 6.68. The van der Waals surface area contributed by atoms with Crippen molar-refractivity contribution in [3.63, 3.8) is 0 Å². The van der Waals surface area contributed by atoms with E-state index in [-0.39, 0.29) is 5.91 Å². The molecule has 0 aliphatic carbocycles. The van der Waals surface area contributed by atoms with Gasteiger partial charge in [-0.1, -0.05) is 36.4 Å². The fourth-order valence-corrected chi connectivity index (χ4v) is 3.34. The number of amides is 1. The summed E-state index contributed by atoms with van der Waals surface area (Å²) in [5.74, 6) is 0.0401. The van der Waals surface area contributed by atoms with Crippen molar-refractivity contribution < 1.29 is 4.79 Å². The molecule has 2 aromatic carbocycles. The Morgan fingerprint density at radius 3 is 2.74 bits per heavy atom. The molecule has 0 fully saturated rings. The molecule has 4 rings (SSSR count). The van der Waals surface area contributed by atoms with Crippen LogP contribution in [0.25, 0.3) is 16.6 Å². The maximum Gasteiger partial charge on any atom is 0.224 e. The molecule has 0 aliphatic rings. The van der Waals surface area contributed by atoms with Crippen LogP contribution in [0.4, 0.5) is 0 Å². The predicted molar refractivity (Wildman–Crippen MR) is 107 cm³/mol. The van der Waals surface area contributed by atoms with Gasteiger partial charge >= 0.3 is 0 Å². The van der Waals surface area contributed by atoms with E-state index < -0.39 is 0 Å². The largest absolute Gasteiger partial charge is 0.358 e. The van der Waals surface area contributed by atoms with Crippen molar-refractivity contribution in [2.45, 2.75) is 19.8 Å². The highest BCUT2D eigenvalue weighted by molar-refractivity contribution is 5.90. The number of para-hydroxylation sites is 2. The van der Waals surface area contributed by atoms with Crippen LogP contribution in [0, 0.1) is 6.92 Å². The van der Waals surface area contributed by atoms with Gasteiger partial charge in [-0.3, -0.25) is 4.79 Å². The summed E-state index contributed by atoms with van der Waals surface area (Å²) in [5.41, 5.74) is 5.33. The molecule has 5 nitrogen and oxygen atoms in total. The molecule has 2 aromatic heterocycles. The number of nitrogens with one attached hydrogen (secondary N) is 2. The van der Waals surface area contributed by atoms with Crippen molar-refractivity contribution in [3.8, 4) is 5.69 Å². The first-order valence-corrected chi connectivity index (χ1v) is 9.12. The monoisotopic (exact) mass is 358 g/mol. The number of nitrogens with zero attached hydrogens (tertiary/aromatic N) is 2. The number of fused-ring (bicyclic) bond motifs is 1. The molecule has 5 heteroatoms. The minimum atomic E-state index is 0.0401. The molecule has 2 heterocycles. The first-order chi connectivity index (χ1) is 13.2. The zero-order valence-electron chi connectivity index (χ0n) is 15.3. The summed E-state index contributed by atoms with van der Waals surface area (Å²) >= 11 is 0. The molecule has 0 atom stereocenters. The second-order valence-electron chi connectivity index (χ2n) is 6.68. The van der Waals surface area contributed by atoms with Crippen LogP contribution in [-0.2, 0) is 17.6 Å². The molecular weight excluding hydrogens is 336 g/mol. The van der Waals surface area contributed by atoms with Crippen LogP contribution >= 0.6 is 0 Å². The summed E-state index contributed by atoms with van der Waals surface area (Å²) in [5, 5.41) is 8.53. The van der Waals surface area contributed by atoms with Gasteiger partial charge in [0.15, 0.2) is 0 Å². The molecule has 4 aromatic rings. The average molecular weight is 358 g/mol. The van der Waals surface area contributed by atoms with Gasteiger partial charge in [-0.25, -0.2) is 4.68 Å². The van der Waals surface area contributed by atoms with Crippen molar-refractivity contribution in [2.24, 2.45) is 0 Å². The van der Waals surface area contributed by atoms with Crippen LogP contribution in [0.5, 0.6) is 0 Å². The number of carbonyl (C=O) groups is 1. The van der Waals surface area contributed by atoms with Crippen LogP contribution < -0.4 is 5.32 Å². The molecule has 0 aliphatic heterocycles. The number of aromatic amines is 1. The number of benzene rings is 2. The molecule has 0 saturated heterocycles. The third-order valence-corrected chi connectivity index (χ3v) is 4.76. The molecule has 0 unspecified atom stereocenters. The first kappa shape index (κ1) is 17.1. The molecule has 0 spiro atoms. The number of hydrogen-bond donors (Lipinski definition) is 2.